The van der Waals surface area contributed by atoms with Crippen LogP contribution in [0, 0.1) is 6.92 Å². The van der Waals surface area contributed by atoms with Crippen LogP contribution < -0.4 is 20.7 Å². The molecule has 4 N–H and O–H groups in total. The molecule has 0 fully saturated rings. The molecule has 4 aromatic carbocycles. The van der Waals surface area contributed by atoms with Gasteiger partial charge in [-0.15, -0.1) is 13.2 Å². The van der Waals surface area contributed by atoms with E-state index >= 15 is 0 Å². The summed E-state index contributed by atoms with van der Waals surface area (Å²) in [6, 6.07) is 33.6. The Morgan fingerprint density at radius 1 is 0.878 bits per heavy atom. The lowest BCUT2D eigenvalue weighted by Gasteiger charge is -2.15. The molecule has 1 atom stereocenters. The molecule has 4 rings (SSSR count). The van der Waals surface area contributed by atoms with Crippen molar-refractivity contribution in [2.75, 3.05) is 19.5 Å². The Hall–Kier alpha value is -4.81. The molecule has 214 valence electrons. The molecule has 0 aliphatic carbocycles. The van der Waals surface area contributed by atoms with Gasteiger partial charge in [0.05, 0.1) is 12.9 Å². The van der Waals surface area contributed by atoms with E-state index in [1.807, 2.05) is 111 Å². The average molecular weight is 552 g/mol. The Kier molecular flexibility index (Phi) is 14.0. The summed E-state index contributed by atoms with van der Waals surface area (Å²) in [4.78, 5) is 12.0. The zero-order chi connectivity index (χ0) is 30.0. The first-order chi connectivity index (χ1) is 19.9. The van der Waals surface area contributed by atoms with Crippen molar-refractivity contribution in [1.29, 1.82) is 0 Å². The topological polar surface area (TPSA) is 82.6 Å². The van der Waals surface area contributed by atoms with Crippen LogP contribution in [0.4, 0.5) is 10.5 Å². The van der Waals surface area contributed by atoms with E-state index in [9.17, 15) is 4.79 Å². The number of aliphatic hydroxyl groups is 1. The molecule has 0 aliphatic rings. The number of anilines is 1. The minimum absolute atomic E-state index is 0.152. The number of urea groups is 1. The zero-order valence-electron chi connectivity index (χ0n) is 24.2. The average Bonchev–Trinajstić information content (AvgIpc) is 3.01. The van der Waals surface area contributed by atoms with Gasteiger partial charge in [0.1, 0.15) is 5.75 Å². The molecule has 41 heavy (non-hydrogen) atoms. The van der Waals surface area contributed by atoms with Gasteiger partial charge in [-0.2, -0.15) is 0 Å². The maximum atomic E-state index is 12.0. The number of carbonyl (C=O) groups excluding carboxylic acids is 1. The SMILES string of the molecule is C=C.C=C(O)CC(NC)c1ccccc1.COc1ccc(-c2ccc(NC(=O)NCc3ccccc3)cc2)cc1C. The molecule has 0 aromatic heterocycles. The smallest absolute Gasteiger partial charge is 0.319 e. The molecule has 0 aliphatic heterocycles. The van der Waals surface area contributed by atoms with Crippen molar-refractivity contribution in [3.05, 3.63) is 145 Å². The predicted octanol–water partition coefficient (Wildman–Crippen LogP) is 8.20. The highest BCUT2D eigenvalue weighted by molar-refractivity contribution is 5.89. The van der Waals surface area contributed by atoms with Crippen LogP contribution in [-0.4, -0.2) is 25.3 Å². The largest absolute Gasteiger partial charge is 0.513 e. The van der Waals surface area contributed by atoms with Crippen molar-refractivity contribution in [2.24, 2.45) is 0 Å². The molecule has 1 unspecified atom stereocenters. The van der Waals surface area contributed by atoms with E-state index in [1.165, 1.54) is 5.56 Å². The second kappa shape index (κ2) is 17.7. The van der Waals surface area contributed by atoms with Gasteiger partial charge in [0.25, 0.3) is 0 Å². The Bertz CT molecular complexity index is 1340. The summed E-state index contributed by atoms with van der Waals surface area (Å²) in [5.41, 5.74) is 6.28. The van der Waals surface area contributed by atoms with Gasteiger partial charge in [-0.3, -0.25) is 0 Å². The molecule has 0 saturated heterocycles. The van der Waals surface area contributed by atoms with Crippen LogP contribution in [0.3, 0.4) is 0 Å². The summed E-state index contributed by atoms with van der Waals surface area (Å²) in [6.45, 7) is 12.0. The zero-order valence-corrected chi connectivity index (χ0v) is 24.2. The fraction of sp³-hybridized carbons (Fsp3) is 0.171. The normalized spacial score (nSPS) is 10.5. The summed E-state index contributed by atoms with van der Waals surface area (Å²) in [5.74, 6) is 1.09. The Labute approximate surface area is 244 Å². The first-order valence-electron chi connectivity index (χ1n) is 13.3. The first kappa shape index (κ1) is 32.4. The van der Waals surface area contributed by atoms with E-state index in [1.54, 1.807) is 7.11 Å². The number of ether oxygens (including phenoxy) is 1. The first-order valence-corrected chi connectivity index (χ1v) is 13.3. The number of aryl methyl sites for hydroxylation is 1. The van der Waals surface area contributed by atoms with Crippen LogP contribution in [0.2, 0.25) is 0 Å². The van der Waals surface area contributed by atoms with Gasteiger partial charge < -0.3 is 25.8 Å². The number of rotatable bonds is 9. The van der Waals surface area contributed by atoms with Crippen molar-refractivity contribution in [3.8, 4) is 16.9 Å². The third kappa shape index (κ3) is 11.1. The van der Waals surface area contributed by atoms with E-state index < -0.39 is 0 Å². The van der Waals surface area contributed by atoms with Crippen LogP contribution in [0.1, 0.15) is 29.2 Å². The summed E-state index contributed by atoms with van der Waals surface area (Å²) in [6.07, 6.45) is 0.556. The second-order valence-electron chi connectivity index (χ2n) is 9.08. The number of hydrogen-bond acceptors (Lipinski definition) is 4. The highest BCUT2D eigenvalue weighted by Crippen LogP contribution is 2.27. The van der Waals surface area contributed by atoms with Crippen molar-refractivity contribution < 1.29 is 14.6 Å². The van der Waals surface area contributed by atoms with Crippen LogP contribution in [-0.2, 0) is 6.54 Å². The standard InChI is InChI=1S/C22H22N2O2.C11H15NO.C2H4/c1-16-14-19(10-13-21(16)26-2)18-8-11-20(12-9-18)24-22(25)23-15-17-6-4-3-5-7-17;1-9(13)8-11(12-2)10-6-4-3-5-7-10;1-2/h3-14H,15H2,1-2H3,(H2,23,24,25);3-7,11-13H,1,8H2,2H3;1-2H2. The van der Waals surface area contributed by atoms with Gasteiger partial charge in [0.2, 0.25) is 0 Å². The lowest BCUT2D eigenvalue weighted by atomic mass is 10.0. The van der Waals surface area contributed by atoms with Gasteiger partial charge in [-0.25, -0.2) is 4.79 Å². The third-order valence-corrected chi connectivity index (χ3v) is 6.16. The number of benzene rings is 4. The van der Waals surface area contributed by atoms with E-state index in [4.69, 9.17) is 9.84 Å². The lowest BCUT2D eigenvalue weighted by molar-refractivity contribution is 0.251. The summed E-state index contributed by atoms with van der Waals surface area (Å²) in [7, 11) is 3.55. The molecule has 0 radical (unpaired) electrons. The Balaban J connectivity index is 0.000000330. The second-order valence-corrected chi connectivity index (χ2v) is 9.08. The van der Waals surface area contributed by atoms with Crippen LogP contribution in [0.25, 0.3) is 11.1 Å². The highest BCUT2D eigenvalue weighted by Gasteiger charge is 2.09. The number of methoxy groups -OCH3 is 1. The maximum Gasteiger partial charge on any atom is 0.319 e. The van der Waals surface area contributed by atoms with Crippen molar-refractivity contribution in [2.45, 2.75) is 25.9 Å². The van der Waals surface area contributed by atoms with Crippen molar-refractivity contribution in [1.82, 2.24) is 10.6 Å². The summed E-state index contributed by atoms with van der Waals surface area (Å²) in [5, 5.41) is 17.9. The number of nitrogens with one attached hydrogen (secondary N) is 3. The third-order valence-electron chi connectivity index (χ3n) is 6.16. The van der Waals surface area contributed by atoms with E-state index in [2.05, 4.69) is 41.8 Å². The lowest BCUT2D eigenvalue weighted by Crippen LogP contribution is -2.28. The van der Waals surface area contributed by atoms with Crippen LogP contribution in [0.5, 0.6) is 5.75 Å². The van der Waals surface area contributed by atoms with Gasteiger partial charge in [0.15, 0.2) is 0 Å². The van der Waals surface area contributed by atoms with Gasteiger partial charge in [-0.05, 0) is 66.1 Å². The maximum absolute atomic E-state index is 12.0. The molecule has 6 heteroatoms. The molecule has 0 saturated carbocycles. The molecule has 0 heterocycles. The van der Waals surface area contributed by atoms with E-state index in [-0.39, 0.29) is 17.8 Å². The number of aliphatic hydroxyl groups excluding tert-OH is 1. The van der Waals surface area contributed by atoms with Crippen LogP contribution in [0.15, 0.2) is 129 Å². The minimum atomic E-state index is -0.220. The van der Waals surface area contributed by atoms with Gasteiger partial charge in [-0.1, -0.05) is 85.4 Å². The van der Waals surface area contributed by atoms with E-state index in [0.717, 1.165) is 33.7 Å². The molecular formula is C35H41N3O3. The number of hydrogen-bond donors (Lipinski definition) is 4. The fourth-order valence-electron chi connectivity index (χ4n) is 4.07. The number of carbonyl (C=O) groups is 1. The Morgan fingerprint density at radius 3 is 2.00 bits per heavy atom. The predicted molar refractivity (Wildman–Crippen MR) is 171 cm³/mol. The highest BCUT2D eigenvalue weighted by atomic mass is 16.5. The Morgan fingerprint density at radius 2 is 1.46 bits per heavy atom. The minimum Gasteiger partial charge on any atom is -0.513 e. The summed E-state index contributed by atoms with van der Waals surface area (Å²) < 4.78 is 5.30. The monoisotopic (exact) mass is 551 g/mol. The fourth-order valence-corrected chi connectivity index (χ4v) is 4.07. The number of amides is 2. The van der Waals surface area contributed by atoms with Crippen molar-refractivity contribution >= 4 is 11.7 Å². The van der Waals surface area contributed by atoms with Gasteiger partial charge >= 0.3 is 6.03 Å². The molecule has 6 nitrogen and oxygen atoms in total. The van der Waals surface area contributed by atoms with E-state index in [0.29, 0.717) is 13.0 Å². The van der Waals surface area contributed by atoms with Gasteiger partial charge in [0, 0.05) is 24.7 Å². The molecule has 0 bridgehead atoms. The molecule has 2 amide bonds. The van der Waals surface area contributed by atoms with Crippen LogP contribution >= 0.6 is 0 Å². The molecule has 4 aromatic rings. The molecule has 0 spiro atoms. The quantitative estimate of drug-likeness (QED) is 0.125. The molecular weight excluding hydrogens is 510 g/mol. The van der Waals surface area contributed by atoms with Crippen molar-refractivity contribution in [3.63, 3.8) is 0 Å². The summed E-state index contributed by atoms with van der Waals surface area (Å²) >= 11 is 0.